The maximum atomic E-state index is 13.2. The van der Waals surface area contributed by atoms with Gasteiger partial charge in [-0.1, -0.05) is 41.9 Å². The van der Waals surface area contributed by atoms with Crippen LogP contribution < -0.4 is 0 Å². The van der Waals surface area contributed by atoms with Crippen molar-refractivity contribution in [3.8, 4) is 0 Å². The molecule has 21 heavy (non-hydrogen) atoms. The third-order valence-corrected chi connectivity index (χ3v) is 4.05. The number of hydrogen-bond acceptors (Lipinski definition) is 1. The molecular formula is C17H12Cl2FN. The molecule has 0 amide bonds. The second-order valence-electron chi connectivity index (χ2n) is 4.84. The predicted molar refractivity (Wildman–Crippen MR) is 85.5 cm³/mol. The number of alkyl halides is 1. The lowest BCUT2D eigenvalue weighted by Crippen LogP contribution is -1.99. The van der Waals surface area contributed by atoms with Crippen molar-refractivity contribution in [1.29, 1.82) is 0 Å². The van der Waals surface area contributed by atoms with Gasteiger partial charge in [0.05, 0.1) is 15.9 Å². The van der Waals surface area contributed by atoms with E-state index in [2.05, 4.69) is 4.98 Å². The Morgan fingerprint density at radius 3 is 2.67 bits per heavy atom. The molecule has 1 atom stereocenters. The predicted octanol–water partition coefficient (Wildman–Crippen LogP) is 5.55. The van der Waals surface area contributed by atoms with Crippen molar-refractivity contribution < 1.29 is 4.39 Å². The summed E-state index contributed by atoms with van der Waals surface area (Å²) in [5.74, 6) is -0.437. The number of benzene rings is 2. The molecule has 0 fully saturated rings. The number of aromatic nitrogens is 1. The SMILES string of the molecule is Fc1ccc(C(Cl)Cc2ccc3ccccc3n2)cc1Cl. The van der Waals surface area contributed by atoms with Gasteiger partial charge < -0.3 is 0 Å². The highest BCUT2D eigenvalue weighted by atomic mass is 35.5. The highest BCUT2D eigenvalue weighted by Gasteiger charge is 2.12. The molecule has 0 N–H and O–H groups in total. The fraction of sp³-hybridized carbons (Fsp3) is 0.118. The number of hydrogen-bond donors (Lipinski definition) is 0. The third-order valence-electron chi connectivity index (χ3n) is 3.35. The molecule has 0 aliphatic carbocycles. The number of fused-ring (bicyclic) bond motifs is 1. The highest BCUT2D eigenvalue weighted by molar-refractivity contribution is 6.31. The first-order valence-electron chi connectivity index (χ1n) is 6.57. The van der Waals surface area contributed by atoms with Gasteiger partial charge in [-0.05, 0) is 29.8 Å². The summed E-state index contributed by atoms with van der Waals surface area (Å²) in [6.45, 7) is 0. The fourth-order valence-corrected chi connectivity index (χ4v) is 2.71. The number of para-hydroxylation sites is 1. The zero-order chi connectivity index (χ0) is 14.8. The van der Waals surface area contributed by atoms with Crippen LogP contribution in [0, 0.1) is 5.82 Å². The van der Waals surface area contributed by atoms with E-state index in [0.29, 0.717) is 6.42 Å². The molecule has 1 unspecified atom stereocenters. The molecule has 3 aromatic rings. The maximum absolute atomic E-state index is 13.2. The molecule has 1 aromatic heterocycles. The van der Waals surface area contributed by atoms with E-state index in [-0.39, 0.29) is 10.4 Å². The zero-order valence-electron chi connectivity index (χ0n) is 11.1. The summed E-state index contributed by atoms with van der Waals surface area (Å²) in [7, 11) is 0. The van der Waals surface area contributed by atoms with E-state index in [4.69, 9.17) is 23.2 Å². The third kappa shape index (κ3) is 3.17. The standard InChI is InChI=1S/C17H12Cl2FN/c18-14(12-6-8-16(20)15(19)9-12)10-13-7-5-11-3-1-2-4-17(11)21-13/h1-9,14H,10H2. The molecule has 0 saturated carbocycles. The maximum Gasteiger partial charge on any atom is 0.141 e. The molecule has 0 bridgehead atoms. The van der Waals surface area contributed by atoms with Gasteiger partial charge in [0.15, 0.2) is 0 Å². The van der Waals surface area contributed by atoms with E-state index in [0.717, 1.165) is 22.2 Å². The minimum absolute atomic E-state index is 0.0876. The van der Waals surface area contributed by atoms with E-state index in [1.54, 1.807) is 12.1 Å². The molecule has 106 valence electrons. The van der Waals surface area contributed by atoms with Crippen LogP contribution >= 0.6 is 23.2 Å². The minimum Gasteiger partial charge on any atom is -0.253 e. The van der Waals surface area contributed by atoms with Crippen LogP contribution in [0.1, 0.15) is 16.6 Å². The molecule has 2 aromatic carbocycles. The molecule has 1 heterocycles. The van der Waals surface area contributed by atoms with Crippen LogP contribution in [0.4, 0.5) is 4.39 Å². The summed E-state index contributed by atoms with van der Waals surface area (Å²) in [5, 5.41) is 0.888. The molecule has 0 spiro atoms. The normalized spacial score (nSPS) is 12.5. The van der Waals surface area contributed by atoms with Crippen molar-refractivity contribution in [1.82, 2.24) is 4.98 Å². The summed E-state index contributed by atoms with van der Waals surface area (Å²) in [5.41, 5.74) is 2.63. The van der Waals surface area contributed by atoms with Crippen molar-refractivity contribution in [3.63, 3.8) is 0 Å². The molecule has 0 radical (unpaired) electrons. The van der Waals surface area contributed by atoms with Gasteiger partial charge >= 0.3 is 0 Å². The van der Waals surface area contributed by atoms with Crippen molar-refractivity contribution in [2.45, 2.75) is 11.8 Å². The molecule has 4 heteroatoms. The number of pyridine rings is 1. The largest absolute Gasteiger partial charge is 0.253 e. The Kier molecular flexibility index (Phi) is 4.09. The van der Waals surface area contributed by atoms with Crippen LogP contribution in [0.25, 0.3) is 10.9 Å². The lowest BCUT2D eigenvalue weighted by atomic mass is 10.1. The van der Waals surface area contributed by atoms with Crippen LogP contribution in [-0.4, -0.2) is 4.98 Å². The first-order chi connectivity index (χ1) is 10.1. The summed E-state index contributed by atoms with van der Waals surface area (Å²) in [6.07, 6.45) is 0.564. The van der Waals surface area contributed by atoms with Gasteiger partial charge in [0.25, 0.3) is 0 Å². The molecular weight excluding hydrogens is 308 g/mol. The monoisotopic (exact) mass is 319 g/mol. The van der Waals surface area contributed by atoms with E-state index >= 15 is 0 Å². The van der Waals surface area contributed by atoms with Gasteiger partial charge in [0, 0.05) is 17.5 Å². The van der Waals surface area contributed by atoms with E-state index in [1.165, 1.54) is 6.07 Å². The van der Waals surface area contributed by atoms with Gasteiger partial charge in [-0.15, -0.1) is 11.6 Å². The zero-order valence-corrected chi connectivity index (χ0v) is 12.6. The van der Waals surface area contributed by atoms with Gasteiger partial charge in [-0.3, -0.25) is 4.98 Å². The Bertz CT molecular complexity index is 789. The topological polar surface area (TPSA) is 12.9 Å². The number of halogens is 3. The first kappa shape index (κ1) is 14.3. The van der Waals surface area contributed by atoms with Crippen LogP contribution in [0.15, 0.2) is 54.6 Å². The average molecular weight is 320 g/mol. The Morgan fingerprint density at radius 1 is 1.05 bits per heavy atom. The molecule has 0 aliphatic rings. The van der Waals surface area contributed by atoms with Crippen LogP contribution in [0.2, 0.25) is 5.02 Å². The Hall–Kier alpha value is -1.64. The summed E-state index contributed by atoms with van der Waals surface area (Å²) >= 11 is 12.2. The number of nitrogens with zero attached hydrogens (tertiary/aromatic N) is 1. The van der Waals surface area contributed by atoms with Gasteiger partial charge in [-0.25, -0.2) is 4.39 Å². The van der Waals surface area contributed by atoms with Gasteiger partial charge in [-0.2, -0.15) is 0 Å². The number of rotatable bonds is 3. The van der Waals surface area contributed by atoms with Crippen molar-refractivity contribution in [3.05, 3.63) is 76.7 Å². The lowest BCUT2D eigenvalue weighted by molar-refractivity contribution is 0.627. The summed E-state index contributed by atoms with van der Waals surface area (Å²) in [4.78, 5) is 4.59. The van der Waals surface area contributed by atoms with Crippen LogP contribution in [0.3, 0.4) is 0 Å². The van der Waals surface area contributed by atoms with Gasteiger partial charge in [0.2, 0.25) is 0 Å². The van der Waals surface area contributed by atoms with E-state index in [1.807, 2.05) is 36.4 Å². The smallest absolute Gasteiger partial charge is 0.141 e. The molecule has 1 nitrogen and oxygen atoms in total. The molecule has 0 aliphatic heterocycles. The second-order valence-corrected chi connectivity index (χ2v) is 5.77. The van der Waals surface area contributed by atoms with Crippen molar-refractivity contribution >= 4 is 34.1 Å². The Balaban J connectivity index is 1.85. The Labute approximate surface area is 132 Å². The summed E-state index contributed by atoms with van der Waals surface area (Å²) < 4.78 is 13.2. The second kappa shape index (κ2) is 6.00. The molecule has 0 saturated heterocycles. The average Bonchev–Trinajstić information content (AvgIpc) is 2.50. The van der Waals surface area contributed by atoms with Crippen LogP contribution in [0.5, 0.6) is 0 Å². The quantitative estimate of drug-likeness (QED) is 0.577. The van der Waals surface area contributed by atoms with Crippen molar-refractivity contribution in [2.75, 3.05) is 0 Å². The highest BCUT2D eigenvalue weighted by Crippen LogP contribution is 2.28. The first-order valence-corrected chi connectivity index (χ1v) is 7.38. The van der Waals surface area contributed by atoms with Crippen molar-refractivity contribution in [2.24, 2.45) is 0 Å². The van der Waals surface area contributed by atoms with Crippen LogP contribution in [-0.2, 0) is 6.42 Å². The summed E-state index contributed by atoms with van der Waals surface area (Å²) in [6, 6.07) is 16.5. The molecule has 3 rings (SSSR count). The Morgan fingerprint density at radius 2 is 1.86 bits per heavy atom. The van der Waals surface area contributed by atoms with Gasteiger partial charge in [0.1, 0.15) is 5.82 Å². The minimum atomic E-state index is -0.437. The van der Waals surface area contributed by atoms with E-state index < -0.39 is 5.82 Å². The fourth-order valence-electron chi connectivity index (χ4n) is 2.23. The lowest BCUT2D eigenvalue weighted by Gasteiger charge is -2.10. The van der Waals surface area contributed by atoms with E-state index in [9.17, 15) is 4.39 Å².